The van der Waals surface area contributed by atoms with E-state index in [4.69, 9.17) is 4.74 Å². The highest BCUT2D eigenvalue weighted by Crippen LogP contribution is 2.35. The van der Waals surface area contributed by atoms with Crippen LogP contribution in [-0.4, -0.2) is 18.7 Å². The van der Waals surface area contributed by atoms with Crippen molar-refractivity contribution < 1.29 is 4.74 Å². The van der Waals surface area contributed by atoms with Crippen LogP contribution in [0.1, 0.15) is 57.6 Å². The SMILES string of the molecule is CCCNCCCCCc1ccc2c(c1)CC(C)(C)O2. The van der Waals surface area contributed by atoms with Crippen LogP contribution in [0.4, 0.5) is 0 Å². The molecule has 0 amide bonds. The first kappa shape index (κ1) is 15.4. The van der Waals surface area contributed by atoms with E-state index in [0.29, 0.717) is 0 Å². The first-order chi connectivity index (χ1) is 9.61. The van der Waals surface area contributed by atoms with E-state index >= 15 is 0 Å². The van der Waals surface area contributed by atoms with E-state index < -0.39 is 0 Å². The Morgan fingerprint density at radius 1 is 1.15 bits per heavy atom. The highest BCUT2D eigenvalue weighted by atomic mass is 16.5. The van der Waals surface area contributed by atoms with E-state index in [2.05, 4.69) is 44.3 Å². The molecule has 1 aliphatic heterocycles. The lowest BCUT2D eigenvalue weighted by Crippen LogP contribution is -2.24. The zero-order valence-electron chi connectivity index (χ0n) is 13.3. The summed E-state index contributed by atoms with van der Waals surface area (Å²) < 4.78 is 5.92. The third-order valence-corrected chi connectivity index (χ3v) is 3.87. The first-order valence-corrected chi connectivity index (χ1v) is 8.12. The molecule has 1 N–H and O–H groups in total. The summed E-state index contributed by atoms with van der Waals surface area (Å²) in [6, 6.07) is 6.73. The van der Waals surface area contributed by atoms with Crippen LogP contribution in [-0.2, 0) is 12.8 Å². The van der Waals surface area contributed by atoms with Gasteiger partial charge in [0.2, 0.25) is 0 Å². The van der Waals surface area contributed by atoms with Crippen LogP contribution in [0.3, 0.4) is 0 Å². The maximum Gasteiger partial charge on any atom is 0.123 e. The molecule has 0 bridgehead atoms. The summed E-state index contributed by atoms with van der Waals surface area (Å²) in [6.07, 6.45) is 7.36. The van der Waals surface area contributed by atoms with Gasteiger partial charge in [0.05, 0.1) is 0 Å². The van der Waals surface area contributed by atoms with Crippen LogP contribution in [0.25, 0.3) is 0 Å². The van der Waals surface area contributed by atoms with Crippen molar-refractivity contribution in [3.63, 3.8) is 0 Å². The van der Waals surface area contributed by atoms with Crippen molar-refractivity contribution in [3.8, 4) is 5.75 Å². The number of benzene rings is 1. The molecule has 0 atom stereocenters. The van der Waals surface area contributed by atoms with E-state index in [1.807, 2.05) is 0 Å². The van der Waals surface area contributed by atoms with Gasteiger partial charge in [0.1, 0.15) is 11.4 Å². The molecule has 1 aromatic carbocycles. The summed E-state index contributed by atoms with van der Waals surface area (Å²) in [5.74, 6) is 1.09. The molecule has 0 spiro atoms. The van der Waals surface area contributed by atoms with E-state index in [-0.39, 0.29) is 5.60 Å². The van der Waals surface area contributed by atoms with Crippen molar-refractivity contribution in [1.82, 2.24) is 5.32 Å². The molecule has 0 aliphatic carbocycles. The molecule has 1 aromatic rings. The second kappa shape index (κ2) is 7.12. The van der Waals surface area contributed by atoms with Gasteiger partial charge < -0.3 is 10.1 Å². The van der Waals surface area contributed by atoms with Gasteiger partial charge >= 0.3 is 0 Å². The van der Waals surface area contributed by atoms with Gasteiger partial charge in [0.25, 0.3) is 0 Å². The molecule has 0 saturated heterocycles. The van der Waals surface area contributed by atoms with Gasteiger partial charge in [-0.05, 0) is 69.8 Å². The third-order valence-electron chi connectivity index (χ3n) is 3.87. The molecule has 0 fully saturated rings. The summed E-state index contributed by atoms with van der Waals surface area (Å²) in [4.78, 5) is 0. The Hall–Kier alpha value is -1.02. The third kappa shape index (κ3) is 4.52. The fraction of sp³-hybridized carbons (Fsp3) is 0.667. The van der Waals surface area contributed by atoms with Crippen molar-refractivity contribution >= 4 is 0 Å². The standard InChI is InChI=1S/C18H29NO/c1-4-11-19-12-7-5-6-8-15-9-10-17-16(13-15)14-18(2,3)20-17/h9-10,13,19H,4-8,11-12,14H2,1-3H3. The molecule has 0 radical (unpaired) electrons. The summed E-state index contributed by atoms with van der Waals surface area (Å²) in [5, 5.41) is 3.46. The average molecular weight is 275 g/mol. The molecule has 2 nitrogen and oxygen atoms in total. The molecule has 2 heteroatoms. The Morgan fingerprint density at radius 3 is 2.80 bits per heavy atom. The molecular weight excluding hydrogens is 246 g/mol. The predicted octanol–water partition coefficient (Wildman–Crippen LogP) is 4.11. The number of hydrogen-bond donors (Lipinski definition) is 1. The monoisotopic (exact) mass is 275 g/mol. The largest absolute Gasteiger partial charge is 0.487 e. The molecule has 2 rings (SSSR count). The van der Waals surface area contributed by atoms with Gasteiger partial charge in [-0.2, -0.15) is 0 Å². The lowest BCUT2D eigenvalue weighted by Gasteiger charge is -2.16. The summed E-state index contributed by atoms with van der Waals surface area (Å²) in [6.45, 7) is 8.86. The topological polar surface area (TPSA) is 21.3 Å². The Kier molecular flexibility index (Phi) is 5.47. The minimum Gasteiger partial charge on any atom is -0.487 e. The van der Waals surface area contributed by atoms with Gasteiger partial charge in [-0.1, -0.05) is 25.5 Å². The Morgan fingerprint density at radius 2 is 2.00 bits per heavy atom. The van der Waals surface area contributed by atoms with E-state index in [1.165, 1.54) is 49.8 Å². The Bertz CT molecular complexity index is 425. The quantitative estimate of drug-likeness (QED) is 0.721. The highest BCUT2D eigenvalue weighted by Gasteiger charge is 2.29. The molecular formula is C18H29NO. The van der Waals surface area contributed by atoms with E-state index in [0.717, 1.165) is 18.7 Å². The number of fused-ring (bicyclic) bond motifs is 1. The zero-order chi connectivity index (χ0) is 14.4. The number of hydrogen-bond acceptors (Lipinski definition) is 2. The van der Waals surface area contributed by atoms with Gasteiger partial charge in [-0.25, -0.2) is 0 Å². The van der Waals surface area contributed by atoms with Crippen molar-refractivity contribution in [1.29, 1.82) is 0 Å². The number of nitrogens with one attached hydrogen (secondary N) is 1. The molecule has 1 aliphatic rings. The smallest absolute Gasteiger partial charge is 0.123 e. The Labute approximate surface area is 123 Å². The number of aryl methyl sites for hydroxylation is 1. The van der Waals surface area contributed by atoms with Crippen LogP contribution < -0.4 is 10.1 Å². The van der Waals surface area contributed by atoms with Gasteiger partial charge in [-0.3, -0.25) is 0 Å². The van der Waals surface area contributed by atoms with Crippen LogP contribution >= 0.6 is 0 Å². The fourth-order valence-corrected chi connectivity index (χ4v) is 2.88. The van der Waals surface area contributed by atoms with Crippen LogP contribution in [0.15, 0.2) is 18.2 Å². The fourth-order valence-electron chi connectivity index (χ4n) is 2.88. The van der Waals surface area contributed by atoms with Crippen molar-refractivity contribution in [2.24, 2.45) is 0 Å². The molecule has 0 unspecified atom stereocenters. The van der Waals surface area contributed by atoms with Crippen LogP contribution in [0.2, 0.25) is 0 Å². The van der Waals surface area contributed by atoms with Gasteiger partial charge in [-0.15, -0.1) is 0 Å². The average Bonchev–Trinajstić information content (AvgIpc) is 2.71. The Balaban J connectivity index is 1.70. The summed E-state index contributed by atoms with van der Waals surface area (Å²) in [5.41, 5.74) is 2.83. The normalized spacial score (nSPS) is 15.9. The van der Waals surface area contributed by atoms with Crippen LogP contribution in [0.5, 0.6) is 5.75 Å². The number of ether oxygens (including phenoxy) is 1. The highest BCUT2D eigenvalue weighted by molar-refractivity contribution is 5.41. The van der Waals surface area contributed by atoms with Crippen molar-refractivity contribution in [3.05, 3.63) is 29.3 Å². The van der Waals surface area contributed by atoms with E-state index in [9.17, 15) is 0 Å². The summed E-state index contributed by atoms with van der Waals surface area (Å²) >= 11 is 0. The molecule has 112 valence electrons. The number of rotatable bonds is 8. The zero-order valence-corrected chi connectivity index (χ0v) is 13.3. The van der Waals surface area contributed by atoms with Gasteiger partial charge in [0.15, 0.2) is 0 Å². The minimum atomic E-state index is -0.0219. The lowest BCUT2D eigenvalue weighted by molar-refractivity contribution is 0.138. The lowest BCUT2D eigenvalue weighted by atomic mass is 9.98. The molecule has 0 saturated carbocycles. The molecule has 0 aromatic heterocycles. The first-order valence-electron chi connectivity index (χ1n) is 8.12. The minimum absolute atomic E-state index is 0.0219. The summed E-state index contributed by atoms with van der Waals surface area (Å²) in [7, 11) is 0. The predicted molar refractivity (Wildman–Crippen MR) is 85.6 cm³/mol. The second-order valence-corrected chi connectivity index (χ2v) is 6.54. The van der Waals surface area contributed by atoms with Crippen molar-refractivity contribution in [2.45, 2.75) is 64.9 Å². The molecule has 1 heterocycles. The maximum atomic E-state index is 5.92. The molecule has 20 heavy (non-hydrogen) atoms. The number of unbranched alkanes of at least 4 members (excludes halogenated alkanes) is 2. The van der Waals surface area contributed by atoms with Gasteiger partial charge in [0, 0.05) is 6.42 Å². The van der Waals surface area contributed by atoms with Crippen molar-refractivity contribution in [2.75, 3.05) is 13.1 Å². The van der Waals surface area contributed by atoms with Crippen LogP contribution in [0, 0.1) is 0 Å². The maximum absolute atomic E-state index is 5.92. The second-order valence-electron chi connectivity index (χ2n) is 6.54. The van der Waals surface area contributed by atoms with E-state index in [1.54, 1.807) is 0 Å².